The summed E-state index contributed by atoms with van der Waals surface area (Å²) >= 11 is 3.44. The molecule has 0 saturated heterocycles. The minimum absolute atomic E-state index is 0.116. The highest BCUT2D eigenvalue weighted by atomic mass is 79.9. The number of rotatable bonds is 1. The van der Waals surface area contributed by atoms with Crippen LogP contribution in [0.3, 0.4) is 0 Å². The smallest absolute Gasteiger partial charge is 0.144 e. The van der Waals surface area contributed by atoms with E-state index in [0.29, 0.717) is 0 Å². The molecule has 0 spiro atoms. The van der Waals surface area contributed by atoms with E-state index >= 15 is 0 Å². The van der Waals surface area contributed by atoms with E-state index in [9.17, 15) is 4.39 Å². The van der Waals surface area contributed by atoms with Crippen molar-refractivity contribution in [1.82, 2.24) is 0 Å². The molecule has 0 bridgehead atoms. The third-order valence-corrected chi connectivity index (χ3v) is 3.72. The number of hydrogen-bond donors (Lipinski definition) is 1. The maximum atomic E-state index is 13.0. The molecule has 1 heterocycles. The van der Waals surface area contributed by atoms with Crippen molar-refractivity contribution in [1.29, 1.82) is 0 Å². The highest BCUT2D eigenvalue weighted by Gasteiger charge is 2.27. The third kappa shape index (κ3) is 2.45. The van der Waals surface area contributed by atoms with Crippen LogP contribution in [0, 0.1) is 5.82 Å². The summed E-state index contributed by atoms with van der Waals surface area (Å²) in [6.07, 6.45) is -0.116. The first-order valence-electron chi connectivity index (χ1n) is 6.12. The van der Waals surface area contributed by atoms with E-state index in [4.69, 9.17) is 4.74 Å². The first-order valence-corrected chi connectivity index (χ1v) is 6.91. The van der Waals surface area contributed by atoms with Crippen LogP contribution in [0.5, 0.6) is 5.75 Å². The number of anilines is 1. The van der Waals surface area contributed by atoms with E-state index in [-0.39, 0.29) is 18.0 Å². The molecule has 2 aromatic carbocycles. The van der Waals surface area contributed by atoms with Crippen molar-refractivity contribution < 1.29 is 9.13 Å². The Hall–Kier alpha value is -1.55. The zero-order chi connectivity index (χ0) is 13.4. The summed E-state index contributed by atoms with van der Waals surface area (Å²) < 4.78 is 20.0. The minimum Gasteiger partial charge on any atom is -0.481 e. The molecule has 0 saturated carbocycles. The molecule has 0 radical (unpaired) electrons. The van der Waals surface area contributed by atoms with Crippen molar-refractivity contribution in [2.45, 2.75) is 19.1 Å². The van der Waals surface area contributed by atoms with Gasteiger partial charge < -0.3 is 10.1 Å². The number of nitrogens with one attached hydrogen (secondary N) is 1. The average molecular weight is 322 g/mol. The summed E-state index contributed by atoms with van der Waals surface area (Å²) in [4.78, 5) is 0. The maximum absolute atomic E-state index is 13.0. The van der Waals surface area contributed by atoms with Gasteiger partial charge in [-0.1, -0.05) is 28.1 Å². The van der Waals surface area contributed by atoms with Crippen LogP contribution < -0.4 is 10.1 Å². The second kappa shape index (κ2) is 4.85. The minimum atomic E-state index is -0.232. The molecule has 2 atom stereocenters. The fourth-order valence-corrected chi connectivity index (χ4v) is 2.65. The molecule has 0 fully saturated rings. The van der Waals surface area contributed by atoms with Gasteiger partial charge in [0, 0.05) is 4.47 Å². The number of benzene rings is 2. The average Bonchev–Trinajstić information content (AvgIpc) is 2.39. The molecule has 2 nitrogen and oxygen atoms in total. The SMILES string of the molecule is CC1Nc2cc(Br)ccc2OC1c1ccc(F)cc1. The van der Waals surface area contributed by atoms with Crippen LogP contribution in [0.15, 0.2) is 46.9 Å². The lowest BCUT2D eigenvalue weighted by Crippen LogP contribution is -2.32. The summed E-state index contributed by atoms with van der Waals surface area (Å²) in [7, 11) is 0. The Kier molecular flexibility index (Phi) is 3.19. The van der Waals surface area contributed by atoms with Gasteiger partial charge in [0.2, 0.25) is 0 Å². The molecule has 3 rings (SSSR count). The molecule has 19 heavy (non-hydrogen) atoms. The Balaban J connectivity index is 1.93. The van der Waals surface area contributed by atoms with Crippen LogP contribution in [-0.4, -0.2) is 6.04 Å². The fourth-order valence-electron chi connectivity index (χ4n) is 2.29. The molecule has 0 aromatic heterocycles. The second-order valence-electron chi connectivity index (χ2n) is 4.66. The van der Waals surface area contributed by atoms with Gasteiger partial charge in [-0.2, -0.15) is 0 Å². The van der Waals surface area contributed by atoms with Gasteiger partial charge >= 0.3 is 0 Å². The Bertz CT molecular complexity index is 600. The first kappa shape index (κ1) is 12.5. The summed E-state index contributed by atoms with van der Waals surface area (Å²) in [6, 6.07) is 12.4. The Morgan fingerprint density at radius 3 is 2.63 bits per heavy atom. The van der Waals surface area contributed by atoms with Crippen molar-refractivity contribution in [3.8, 4) is 5.75 Å². The third-order valence-electron chi connectivity index (χ3n) is 3.23. The molecule has 4 heteroatoms. The predicted octanol–water partition coefficient (Wildman–Crippen LogP) is 4.52. The van der Waals surface area contributed by atoms with Crippen molar-refractivity contribution >= 4 is 21.6 Å². The van der Waals surface area contributed by atoms with E-state index in [0.717, 1.165) is 21.5 Å². The molecule has 2 aromatic rings. The molecule has 1 N–H and O–H groups in total. The first-order chi connectivity index (χ1) is 9.13. The lowest BCUT2D eigenvalue weighted by Gasteiger charge is -2.33. The maximum Gasteiger partial charge on any atom is 0.144 e. The van der Waals surface area contributed by atoms with Gasteiger partial charge in [-0.3, -0.25) is 0 Å². The fraction of sp³-hybridized carbons (Fsp3) is 0.200. The molecule has 1 aliphatic heterocycles. The van der Waals surface area contributed by atoms with Crippen molar-refractivity contribution in [2.75, 3.05) is 5.32 Å². The van der Waals surface area contributed by atoms with Crippen molar-refractivity contribution in [3.63, 3.8) is 0 Å². The van der Waals surface area contributed by atoms with E-state index in [1.54, 1.807) is 12.1 Å². The van der Waals surface area contributed by atoms with Crippen LogP contribution in [0.2, 0.25) is 0 Å². The van der Waals surface area contributed by atoms with Crippen molar-refractivity contribution in [2.24, 2.45) is 0 Å². The van der Waals surface area contributed by atoms with Gasteiger partial charge in [0.05, 0.1) is 11.7 Å². The highest BCUT2D eigenvalue weighted by Crippen LogP contribution is 2.38. The van der Waals surface area contributed by atoms with Gasteiger partial charge in [0.1, 0.15) is 17.7 Å². The lowest BCUT2D eigenvalue weighted by molar-refractivity contribution is 0.177. The molecule has 98 valence electrons. The van der Waals surface area contributed by atoms with Crippen LogP contribution in [0.4, 0.5) is 10.1 Å². The van der Waals surface area contributed by atoms with Gasteiger partial charge in [0.15, 0.2) is 0 Å². The molecular weight excluding hydrogens is 309 g/mol. The van der Waals surface area contributed by atoms with Gasteiger partial charge in [0.25, 0.3) is 0 Å². The Morgan fingerprint density at radius 1 is 1.16 bits per heavy atom. The standard InChI is InChI=1S/C15H13BrFNO/c1-9-15(10-2-5-12(17)6-3-10)19-14-7-4-11(16)8-13(14)18-9/h2-9,15,18H,1H3. The van der Waals surface area contributed by atoms with Crippen LogP contribution in [0.25, 0.3) is 0 Å². The number of hydrogen-bond acceptors (Lipinski definition) is 2. The normalized spacial score (nSPS) is 21.2. The van der Waals surface area contributed by atoms with Crippen LogP contribution in [0.1, 0.15) is 18.6 Å². The largest absolute Gasteiger partial charge is 0.481 e. The number of ether oxygens (including phenoxy) is 1. The molecular formula is C15H13BrFNO. The molecule has 0 aliphatic carbocycles. The predicted molar refractivity (Wildman–Crippen MR) is 77.0 cm³/mol. The zero-order valence-corrected chi connectivity index (χ0v) is 11.9. The van der Waals surface area contributed by atoms with Gasteiger partial charge in [-0.05, 0) is 42.8 Å². The van der Waals surface area contributed by atoms with E-state index < -0.39 is 0 Å². The Labute approximate surface area is 119 Å². The highest BCUT2D eigenvalue weighted by molar-refractivity contribution is 9.10. The van der Waals surface area contributed by atoms with Crippen molar-refractivity contribution in [3.05, 3.63) is 58.3 Å². The van der Waals surface area contributed by atoms with Gasteiger partial charge in [-0.15, -0.1) is 0 Å². The van der Waals surface area contributed by atoms with E-state index in [2.05, 4.69) is 28.2 Å². The second-order valence-corrected chi connectivity index (χ2v) is 5.58. The summed E-state index contributed by atoms with van der Waals surface area (Å²) in [5.41, 5.74) is 1.94. The summed E-state index contributed by atoms with van der Waals surface area (Å²) in [5.74, 6) is 0.583. The van der Waals surface area contributed by atoms with Crippen LogP contribution >= 0.6 is 15.9 Å². The molecule has 2 unspecified atom stereocenters. The molecule has 0 amide bonds. The van der Waals surface area contributed by atoms with Crippen LogP contribution in [-0.2, 0) is 0 Å². The summed E-state index contributed by atoms with van der Waals surface area (Å²) in [5, 5.41) is 3.42. The quantitative estimate of drug-likeness (QED) is 0.833. The number of fused-ring (bicyclic) bond motifs is 1. The Morgan fingerprint density at radius 2 is 1.89 bits per heavy atom. The van der Waals surface area contributed by atoms with E-state index in [1.807, 2.05) is 18.2 Å². The van der Waals surface area contributed by atoms with Gasteiger partial charge in [-0.25, -0.2) is 4.39 Å². The number of halogens is 2. The van der Waals surface area contributed by atoms with E-state index in [1.165, 1.54) is 12.1 Å². The summed E-state index contributed by atoms with van der Waals surface area (Å²) in [6.45, 7) is 2.05. The lowest BCUT2D eigenvalue weighted by atomic mass is 10.0. The zero-order valence-electron chi connectivity index (χ0n) is 10.4. The monoisotopic (exact) mass is 321 g/mol. The molecule has 1 aliphatic rings. The topological polar surface area (TPSA) is 21.3 Å².